The second-order valence-electron chi connectivity index (χ2n) is 5.84. The predicted octanol–water partition coefficient (Wildman–Crippen LogP) is 2.85. The van der Waals surface area contributed by atoms with Crippen molar-refractivity contribution in [3.8, 4) is 11.6 Å². The maximum Gasteiger partial charge on any atom is 0.344 e. The Labute approximate surface area is 171 Å². The topological polar surface area (TPSA) is 117 Å². The minimum absolute atomic E-state index is 0.0364. The van der Waals surface area contributed by atoms with E-state index in [-0.39, 0.29) is 11.4 Å². The van der Waals surface area contributed by atoms with Gasteiger partial charge in [-0.05, 0) is 48.5 Å². The summed E-state index contributed by atoms with van der Waals surface area (Å²) >= 11 is 0. The Hall–Kier alpha value is -4.27. The Morgan fingerprint density at radius 2 is 1.73 bits per heavy atom. The monoisotopic (exact) mass is 407 g/mol. The van der Waals surface area contributed by atoms with Crippen LogP contribution in [0.1, 0.15) is 20.7 Å². The maximum atomic E-state index is 12.4. The Balaban J connectivity index is 1.58. The summed E-state index contributed by atoms with van der Waals surface area (Å²) in [5.41, 5.74) is 0.849. The van der Waals surface area contributed by atoms with Gasteiger partial charge in [0.1, 0.15) is 11.3 Å². The van der Waals surface area contributed by atoms with Gasteiger partial charge in [-0.1, -0.05) is 0 Å². The van der Waals surface area contributed by atoms with Gasteiger partial charge in [-0.25, -0.2) is 14.6 Å². The lowest BCUT2D eigenvalue weighted by Crippen LogP contribution is -2.21. The second-order valence-corrected chi connectivity index (χ2v) is 5.84. The third-order valence-electron chi connectivity index (χ3n) is 3.76. The fourth-order valence-corrected chi connectivity index (χ4v) is 2.36. The molecule has 30 heavy (non-hydrogen) atoms. The summed E-state index contributed by atoms with van der Waals surface area (Å²) in [4.78, 5) is 43.8. The highest BCUT2D eigenvalue weighted by Crippen LogP contribution is 2.22. The molecule has 0 radical (unpaired) electrons. The summed E-state index contributed by atoms with van der Waals surface area (Å²) in [6, 6.07) is 12.4. The van der Waals surface area contributed by atoms with Crippen molar-refractivity contribution < 1.29 is 28.6 Å². The molecule has 3 aromatic rings. The Bertz CT molecular complexity index is 1040. The number of amides is 1. The molecule has 0 unspecified atom stereocenters. The number of hydrogen-bond acceptors (Lipinski definition) is 8. The van der Waals surface area contributed by atoms with E-state index in [9.17, 15) is 14.4 Å². The van der Waals surface area contributed by atoms with Crippen molar-refractivity contribution >= 4 is 23.5 Å². The molecule has 2 aromatic heterocycles. The Kier molecular flexibility index (Phi) is 6.67. The number of aromatic nitrogens is 2. The molecule has 0 saturated carbocycles. The molecule has 2 heterocycles. The molecule has 1 N–H and O–H groups in total. The van der Waals surface area contributed by atoms with E-state index in [1.54, 1.807) is 24.4 Å². The highest BCUT2D eigenvalue weighted by atomic mass is 16.5. The van der Waals surface area contributed by atoms with Crippen LogP contribution >= 0.6 is 0 Å². The van der Waals surface area contributed by atoms with Crippen LogP contribution in [0.4, 0.5) is 5.69 Å². The number of pyridine rings is 2. The van der Waals surface area contributed by atoms with Crippen LogP contribution in [0, 0.1) is 0 Å². The van der Waals surface area contributed by atoms with E-state index < -0.39 is 24.5 Å². The van der Waals surface area contributed by atoms with E-state index in [1.165, 1.54) is 49.8 Å². The molecule has 0 spiro atoms. The standard InChI is InChI=1S/C21H17N3O6/c1-28-20(26)14-6-8-15(9-7-14)24-18(25)13-29-21(27)17-5-3-11-23-19(17)30-16-4-2-10-22-12-16/h2-12H,13H2,1H3,(H,24,25). The fraction of sp³-hybridized carbons (Fsp3) is 0.0952. The minimum atomic E-state index is -0.766. The van der Waals surface area contributed by atoms with Crippen LogP contribution in [-0.2, 0) is 14.3 Å². The Morgan fingerprint density at radius 1 is 0.967 bits per heavy atom. The smallest absolute Gasteiger partial charge is 0.344 e. The van der Waals surface area contributed by atoms with Crippen LogP contribution in [0.5, 0.6) is 11.6 Å². The highest BCUT2D eigenvalue weighted by molar-refractivity contribution is 5.97. The first-order chi connectivity index (χ1) is 14.6. The van der Waals surface area contributed by atoms with E-state index >= 15 is 0 Å². The second kappa shape index (κ2) is 9.78. The van der Waals surface area contributed by atoms with Crippen molar-refractivity contribution in [2.45, 2.75) is 0 Å². The van der Waals surface area contributed by atoms with Crippen molar-refractivity contribution in [3.63, 3.8) is 0 Å². The molecule has 0 saturated heterocycles. The van der Waals surface area contributed by atoms with Crippen LogP contribution in [0.15, 0.2) is 67.1 Å². The highest BCUT2D eigenvalue weighted by Gasteiger charge is 2.17. The third-order valence-corrected chi connectivity index (χ3v) is 3.76. The number of carbonyl (C=O) groups is 3. The van der Waals surface area contributed by atoms with Gasteiger partial charge in [-0.2, -0.15) is 0 Å². The number of hydrogen-bond donors (Lipinski definition) is 1. The van der Waals surface area contributed by atoms with Gasteiger partial charge >= 0.3 is 11.9 Å². The van der Waals surface area contributed by atoms with Gasteiger partial charge < -0.3 is 19.5 Å². The summed E-state index contributed by atoms with van der Waals surface area (Å²) in [7, 11) is 1.28. The summed E-state index contributed by atoms with van der Waals surface area (Å²) in [6.45, 7) is -0.515. The van der Waals surface area contributed by atoms with Gasteiger partial charge in [0.15, 0.2) is 6.61 Å². The van der Waals surface area contributed by atoms with E-state index in [1.807, 2.05) is 0 Å². The third kappa shape index (κ3) is 5.38. The zero-order valence-electron chi connectivity index (χ0n) is 15.9. The molecule has 0 fully saturated rings. The molecular formula is C21H17N3O6. The average Bonchev–Trinajstić information content (AvgIpc) is 2.78. The fourth-order valence-electron chi connectivity index (χ4n) is 2.36. The number of rotatable bonds is 7. The number of carbonyl (C=O) groups excluding carboxylic acids is 3. The molecule has 0 aliphatic rings. The summed E-state index contributed by atoms with van der Waals surface area (Å²) in [6.07, 6.45) is 4.53. The van der Waals surface area contributed by atoms with Crippen molar-refractivity contribution in [1.82, 2.24) is 9.97 Å². The summed E-state index contributed by atoms with van der Waals surface area (Å²) < 4.78 is 15.2. The average molecular weight is 407 g/mol. The molecular weight excluding hydrogens is 390 g/mol. The lowest BCUT2D eigenvalue weighted by atomic mass is 10.2. The number of nitrogens with zero attached hydrogens (tertiary/aromatic N) is 2. The molecule has 1 amide bonds. The first-order valence-electron chi connectivity index (χ1n) is 8.75. The largest absolute Gasteiger partial charge is 0.465 e. The van der Waals surface area contributed by atoms with E-state index in [4.69, 9.17) is 9.47 Å². The van der Waals surface area contributed by atoms with Crippen LogP contribution in [0.2, 0.25) is 0 Å². The molecule has 0 aliphatic carbocycles. The van der Waals surface area contributed by atoms with Crippen LogP contribution < -0.4 is 10.1 Å². The zero-order chi connectivity index (χ0) is 21.3. The summed E-state index contributed by atoms with van der Waals surface area (Å²) in [5.74, 6) is -1.36. The number of methoxy groups -OCH3 is 1. The van der Waals surface area contributed by atoms with Gasteiger partial charge in [-0.3, -0.25) is 9.78 Å². The van der Waals surface area contributed by atoms with E-state index in [0.717, 1.165) is 0 Å². The van der Waals surface area contributed by atoms with Crippen molar-refractivity contribution in [3.05, 3.63) is 78.2 Å². The number of benzene rings is 1. The molecule has 9 heteroatoms. The number of esters is 2. The van der Waals surface area contributed by atoms with Gasteiger partial charge in [-0.15, -0.1) is 0 Å². The number of nitrogens with one attached hydrogen (secondary N) is 1. The maximum absolute atomic E-state index is 12.4. The SMILES string of the molecule is COC(=O)c1ccc(NC(=O)COC(=O)c2cccnc2Oc2cccnc2)cc1. The number of ether oxygens (including phenoxy) is 3. The zero-order valence-corrected chi connectivity index (χ0v) is 15.9. The van der Waals surface area contributed by atoms with Gasteiger partial charge in [0.05, 0.1) is 18.9 Å². The van der Waals surface area contributed by atoms with Crippen LogP contribution in [0.3, 0.4) is 0 Å². The Morgan fingerprint density at radius 3 is 2.43 bits per heavy atom. The van der Waals surface area contributed by atoms with Crippen LogP contribution in [0.25, 0.3) is 0 Å². The molecule has 0 bridgehead atoms. The van der Waals surface area contributed by atoms with E-state index in [0.29, 0.717) is 17.0 Å². The lowest BCUT2D eigenvalue weighted by molar-refractivity contribution is -0.119. The molecule has 1 aromatic carbocycles. The van der Waals surface area contributed by atoms with Crippen molar-refractivity contribution in [1.29, 1.82) is 0 Å². The van der Waals surface area contributed by atoms with E-state index in [2.05, 4.69) is 20.0 Å². The summed E-state index contributed by atoms with van der Waals surface area (Å²) in [5, 5.41) is 2.56. The molecule has 152 valence electrons. The van der Waals surface area contributed by atoms with Crippen LogP contribution in [-0.4, -0.2) is 41.5 Å². The predicted molar refractivity (Wildman–Crippen MR) is 105 cm³/mol. The van der Waals surface area contributed by atoms with Gasteiger partial charge in [0.25, 0.3) is 5.91 Å². The first kappa shape index (κ1) is 20.5. The van der Waals surface area contributed by atoms with Crippen molar-refractivity contribution in [2.75, 3.05) is 19.0 Å². The lowest BCUT2D eigenvalue weighted by Gasteiger charge is -2.10. The number of anilines is 1. The minimum Gasteiger partial charge on any atom is -0.465 e. The molecule has 0 aliphatic heterocycles. The molecule has 3 rings (SSSR count). The molecule has 0 atom stereocenters. The van der Waals surface area contributed by atoms with Gasteiger partial charge in [0, 0.05) is 18.1 Å². The first-order valence-corrected chi connectivity index (χ1v) is 8.75. The van der Waals surface area contributed by atoms with Crippen molar-refractivity contribution in [2.24, 2.45) is 0 Å². The quantitative estimate of drug-likeness (QED) is 0.594. The normalized spacial score (nSPS) is 10.0. The molecule has 9 nitrogen and oxygen atoms in total. The van der Waals surface area contributed by atoms with Gasteiger partial charge in [0.2, 0.25) is 5.88 Å².